The standard InChI is InChI=1S/C22H24BrClF3N5O2/c1-2-7-31-8-4-12(5-9-31)15-3-6-29-21-17(20(28)33)19(30-32(15)21)13-10-14(24)18(23)16(11-13)34-22(25,26)27/h2,7,10-12,15,29H,3-6,8-9H2,1H3,(H2,28,33). The van der Waals surface area contributed by atoms with Gasteiger partial charge in [-0.25, -0.2) is 4.68 Å². The van der Waals surface area contributed by atoms with Gasteiger partial charge in [-0.15, -0.1) is 13.2 Å². The second-order valence-corrected chi connectivity index (χ2v) is 9.54. The zero-order valence-electron chi connectivity index (χ0n) is 18.3. The number of rotatable bonds is 5. The van der Waals surface area contributed by atoms with E-state index >= 15 is 0 Å². The van der Waals surface area contributed by atoms with Crippen LogP contribution in [0, 0.1) is 5.92 Å². The summed E-state index contributed by atoms with van der Waals surface area (Å²) >= 11 is 9.20. The number of hydrogen-bond donors (Lipinski definition) is 2. The molecule has 3 heterocycles. The van der Waals surface area contributed by atoms with Gasteiger partial charge in [0.2, 0.25) is 0 Å². The molecule has 1 saturated heterocycles. The number of nitrogens with zero attached hydrogens (tertiary/aromatic N) is 3. The molecule has 0 aliphatic carbocycles. The normalized spacial score (nSPS) is 19.2. The van der Waals surface area contributed by atoms with Crippen LogP contribution >= 0.6 is 27.5 Å². The van der Waals surface area contributed by atoms with Gasteiger partial charge in [0.25, 0.3) is 5.91 Å². The first kappa shape index (κ1) is 24.7. The summed E-state index contributed by atoms with van der Waals surface area (Å²) in [6, 6.07) is 2.61. The summed E-state index contributed by atoms with van der Waals surface area (Å²) in [4.78, 5) is 14.7. The van der Waals surface area contributed by atoms with Crippen molar-refractivity contribution in [3.63, 3.8) is 0 Å². The fourth-order valence-electron chi connectivity index (χ4n) is 4.74. The molecule has 0 radical (unpaired) electrons. The summed E-state index contributed by atoms with van der Waals surface area (Å²) in [5.41, 5.74) is 6.18. The predicted octanol–water partition coefficient (Wildman–Crippen LogP) is 5.57. The van der Waals surface area contributed by atoms with Crippen molar-refractivity contribution in [1.82, 2.24) is 14.7 Å². The van der Waals surface area contributed by atoms with Gasteiger partial charge in [-0.05, 0) is 66.4 Å². The van der Waals surface area contributed by atoms with Crippen LogP contribution in [0.4, 0.5) is 19.0 Å². The van der Waals surface area contributed by atoms with E-state index in [1.165, 1.54) is 6.07 Å². The number of alkyl halides is 3. The van der Waals surface area contributed by atoms with Crippen molar-refractivity contribution in [3.8, 4) is 17.0 Å². The first-order chi connectivity index (χ1) is 16.1. The molecule has 34 heavy (non-hydrogen) atoms. The van der Waals surface area contributed by atoms with E-state index in [0.29, 0.717) is 18.3 Å². The first-order valence-electron chi connectivity index (χ1n) is 10.9. The van der Waals surface area contributed by atoms with Crippen LogP contribution in [0.3, 0.4) is 0 Å². The molecule has 184 valence electrons. The number of benzene rings is 1. The van der Waals surface area contributed by atoms with Crippen LogP contribution in [0.2, 0.25) is 5.02 Å². The first-order valence-corrected chi connectivity index (χ1v) is 12.0. The highest BCUT2D eigenvalue weighted by molar-refractivity contribution is 9.10. The summed E-state index contributed by atoms with van der Waals surface area (Å²) in [5.74, 6) is -0.442. The fraction of sp³-hybridized carbons (Fsp3) is 0.455. The molecule has 2 aromatic rings. The highest BCUT2D eigenvalue weighted by Crippen LogP contribution is 2.43. The van der Waals surface area contributed by atoms with Gasteiger partial charge in [0, 0.05) is 25.2 Å². The molecule has 3 N–H and O–H groups in total. The second kappa shape index (κ2) is 9.69. The number of amides is 1. The summed E-state index contributed by atoms with van der Waals surface area (Å²) in [7, 11) is 0. The van der Waals surface area contributed by atoms with E-state index in [1.54, 1.807) is 4.68 Å². The largest absolute Gasteiger partial charge is 0.573 e. The molecular weight excluding hydrogens is 539 g/mol. The van der Waals surface area contributed by atoms with Gasteiger partial charge in [0.1, 0.15) is 22.8 Å². The molecule has 1 fully saturated rings. The monoisotopic (exact) mass is 561 g/mol. The van der Waals surface area contributed by atoms with Gasteiger partial charge < -0.3 is 20.7 Å². The number of aromatic nitrogens is 2. The lowest BCUT2D eigenvalue weighted by Crippen LogP contribution is -2.37. The molecule has 1 aromatic carbocycles. The van der Waals surface area contributed by atoms with Gasteiger partial charge in [0.05, 0.1) is 15.5 Å². The Hall–Kier alpha value is -2.40. The van der Waals surface area contributed by atoms with Gasteiger partial charge >= 0.3 is 6.36 Å². The summed E-state index contributed by atoms with van der Waals surface area (Å²) in [6.07, 6.45) is 1.91. The van der Waals surface area contributed by atoms with Crippen molar-refractivity contribution < 1.29 is 22.7 Å². The van der Waals surface area contributed by atoms with Crippen molar-refractivity contribution >= 4 is 39.3 Å². The maximum absolute atomic E-state index is 12.9. The van der Waals surface area contributed by atoms with Crippen molar-refractivity contribution in [1.29, 1.82) is 0 Å². The molecule has 0 spiro atoms. The van der Waals surface area contributed by atoms with E-state index in [4.69, 9.17) is 17.3 Å². The minimum Gasteiger partial charge on any atom is -0.405 e. The summed E-state index contributed by atoms with van der Waals surface area (Å²) in [6.45, 7) is 4.47. The molecular formula is C22H24BrClF3N5O2. The molecule has 12 heteroatoms. The van der Waals surface area contributed by atoms with Crippen LogP contribution in [0.5, 0.6) is 5.75 Å². The topological polar surface area (TPSA) is 85.4 Å². The zero-order chi connectivity index (χ0) is 24.6. The van der Waals surface area contributed by atoms with Gasteiger partial charge in [-0.3, -0.25) is 4.79 Å². The third-order valence-corrected chi connectivity index (χ3v) is 7.52. The Balaban J connectivity index is 1.75. The van der Waals surface area contributed by atoms with Crippen molar-refractivity contribution in [2.45, 2.75) is 38.6 Å². The lowest BCUT2D eigenvalue weighted by atomic mass is 9.87. The molecule has 1 unspecified atom stereocenters. The molecule has 7 nitrogen and oxygen atoms in total. The van der Waals surface area contributed by atoms with Crippen LogP contribution in [0.25, 0.3) is 11.3 Å². The molecule has 0 bridgehead atoms. The lowest BCUT2D eigenvalue weighted by molar-refractivity contribution is -0.274. The van der Waals surface area contributed by atoms with Crippen molar-refractivity contribution in [3.05, 3.63) is 39.5 Å². The van der Waals surface area contributed by atoms with E-state index in [0.717, 1.165) is 38.4 Å². The Bertz CT molecular complexity index is 1110. The maximum Gasteiger partial charge on any atom is 0.573 e. The Kier molecular flexibility index (Phi) is 7.04. The van der Waals surface area contributed by atoms with Gasteiger partial charge in [0.15, 0.2) is 0 Å². The summed E-state index contributed by atoms with van der Waals surface area (Å²) in [5, 5.41) is 7.87. The number of halogens is 5. The highest BCUT2D eigenvalue weighted by atomic mass is 79.9. The predicted molar refractivity (Wildman–Crippen MR) is 127 cm³/mol. The van der Waals surface area contributed by atoms with E-state index in [2.05, 4.69) is 42.2 Å². The molecule has 1 aromatic heterocycles. The highest BCUT2D eigenvalue weighted by Gasteiger charge is 2.36. The Morgan fingerprint density at radius 2 is 2.03 bits per heavy atom. The molecule has 4 rings (SSSR count). The number of carbonyl (C=O) groups excluding carboxylic acids is 1. The molecule has 2 aliphatic rings. The number of likely N-dealkylation sites (tertiary alicyclic amines) is 1. The third kappa shape index (κ3) is 5.00. The van der Waals surface area contributed by atoms with Crippen molar-refractivity contribution in [2.75, 3.05) is 25.0 Å². The van der Waals surface area contributed by atoms with E-state index in [9.17, 15) is 18.0 Å². The average molecular weight is 563 g/mol. The minimum absolute atomic E-state index is 0.0148. The SMILES string of the molecule is CC=CN1CCC(C2CCNc3c(C(N)=O)c(-c4cc(Cl)c(Br)c(OC(F)(F)F)c4)nn32)CC1. The number of ether oxygens (including phenoxy) is 1. The number of anilines is 1. The number of nitrogens with two attached hydrogens (primary N) is 1. The lowest BCUT2D eigenvalue weighted by Gasteiger charge is -2.38. The number of carbonyl (C=O) groups is 1. The molecule has 1 atom stereocenters. The number of hydrogen-bond acceptors (Lipinski definition) is 5. The Morgan fingerprint density at radius 1 is 1.32 bits per heavy atom. The van der Waals surface area contributed by atoms with Gasteiger partial charge in [-0.2, -0.15) is 5.10 Å². The van der Waals surface area contributed by atoms with Crippen molar-refractivity contribution in [2.24, 2.45) is 11.7 Å². The molecule has 0 saturated carbocycles. The number of fused-ring (bicyclic) bond motifs is 1. The van der Waals surface area contributed by atoms with E-state index < -0.39 is 18.0 Å². The number of primary amides is 1. The Labute approximate surface area is 208 Å². The number of nitrogens with one attached hydrogen (secondary N) is 1. The van der Waals surface area contributed by atoms with E-state index in [-0.39, 0.29) is 32.4 Å². The quantitative estimate of drug-likeness (QED) is 0.498. The Morgan fingerprint density at radius 3 is 2.65 bits per heavy atom. The second-order valence-electron chi connectivity index (χ2n) is 8.34. The summed E-state index contributed by atoms with van der Waals surface area (Å²) < 4.78 is 44.6. The molecule has 1 amide bonds. The molecule has 2 aliphatic heterocycles. The van der Waals surface area contributed by atoms with Crippen LogP contribution in [-0.4, -0.2) is 46.6 Å². The zero-order valence-corrected chi connectivity index (χ0v) is 20.7. The van der Waals surface area contributed by atoms with Gasteiger partial charge in [-0.1, -0.05) is 17.7 Å². The van der Waals surface area contributed by atoms with Crippen LogP contribution in [-0.2, 0) is 0 Å². The number of piperidine rings is 1. The van der Waals surface area contributed by atoms with Crippen LogP contribution in [0.15, 0.2) is 28.9 Å². The van der Waals surface area contributed by atoms with Crippen LogP contribution < -0.4 is 15.8 Å². The smallest absolute Gasteiger partial charge is 0.405 e. The minimum atomic E-state index is -4.92. The average Bonchev–Trinajstić information content (AvgIpc) is 3.17. The fourth-order valence-corrected chi connectivity index (χ4v) is 5.26. The maximum atomic E-state index is 12.9. The third-order valence-electron chi connectivity index (χ3n) is 6.18. The van der Waals surface area contributed by atoms with E-state index in [1.807, 2.05) is 13.0 Å². The van der Waals surface area contributed by atoms with Crippen LogP contribution in [0.1, 0.15) is 42.6 Å². The number of allylic oxidation sites excluding steroid dienone is 1.